The van der Waals surface area contributed by atoms with E-state index < -0.39 is 0 Å². The normalized spacial score (nSPS) is 13.7. The summed E-state index contributed by atoms with van der Waals surface area (Å²) in [5.74, 6) is 0. The average molecular weight is 256 g/mol. The second-order valence-electron chi connectivity index (χ2n) is 1.68. The first-order valence-electron chi connectivity index (χ1n) is 3.00. The van der Waals surface area contributed by atoms with E-state index in [0.29, 0.717) is 0 Å². The molecule has 10 heavy (non-hydrogen) atoms. The molecule has 1 aliphatic carbocycles. The van der Waals surface area contributed by atoms with Crippen molar-refractivity contribution in [1.82, 2.24) is 0 Å². The van der Waals surface area contributed by atoms with Crippen molar-refractivity contribution in [3.05, 3.63) is 21.5 Å². The number of alkyl halides is 2. The van der Waals surface area contributed by atoms with Crippen LogP contribution in [-0.4, -0.2) is 5.34 Å². The van der Waals surface area contributed by atoms with Crippen molar-refractivity contribution in [3.8, 4) is 0 Å². The molecule has 0 aromatic heterocycles. The van der Waals surface area contributed by atoms with Crippen LogP contribution < -0.4 is 0 Å². The van der Waals surface area contributed by atoms with Crippen molar-refractivity contribution in [2.45, 2.75) is 11.1 Å². The first kappa shape index (κ1) is 10.9. The molecule has 0 N–H and O–H groups in total. The summed E-state index contributed by atoms with van der Waals surface area (Å²) in [7, 11) is 0. The minimum atomic E-state index is -0.0408. The zero-order valence-electron chi connectivity index (χ0n) is 5.90. The first-order chi connectivity index (χ1) is 4.85. The van der Waals surface area contributed by atoms with Crippen LogP contribution in [0.5, 0.6) is 0 Å². The van der Waals surface area contributed by atoms with Crippen molar-refractivity contribution in [2.75, 3.05) is 5.34 Å². The van der Waals surface area contributed by atoms with Gasteiger partial charge in [0, 0.05) is 0 Å². The average Bonchev–Trinajstić information content (AvgIpc) is 2.39. The van der Waals surface area contributed by atoms with E-state index in [1.54, 1.807) is 3.28 Å². The predicted octanol–water partition coefficient (Wildman–Crippen LogP) is 3.38. The minimum absolute atomic E-state index is 0.0408. The molecule has 0 bridgehead atoms. The van der Waals surface area contributed by atoms with Gasteiger partial charge < -0.3 is 0 Å². The number of hydrogen-bond acceptors (Lipinski definition) is 0. The van der Waals surface area contributed by atoms with Crippen molar-refractivity contribution in [2.24, 2.45) is 0 Å². The Morgan fingerprint density at radius 1 is 1.60 bits per heavy atom. The van der Waals surface area contributed by atoms with E-state index in [4.69, 9.17) is 23.2 Å². The molecule has 0 aliphatic heterocycles. The Bertz CT molecular complexity index is 130. The molecule has 56 valence electrons. The molecule has 0 unspecified atom stereocenters. The molecular weight excluding hydrogens is 246 g/mol. The number of halogens is 2. The first-order valence-corrected chi connectivity index (χ1v) is 7.76. The van der Waals surface area contributed by atoms with Gasteiger partial charge in [-0.15, -0.1) is 23.2 Å². The van der Waals surface area contributed by atoms with Crippen LogP contribution in [0.25, 0.3) is 0 Å². The van der Waals surface area contributed by atoms with Gasteiger partial charge in [-0.05, 0) is 0 Å². The number of rotatable bonds is 1. The van der Waals surface area contributed by atoms with Crippen LogP contribution in [0.2, 0.25) is 4.63 Å². The molecule has 0 atom stereocenters. The molecule has 0 heterocycles. The van der Waals surface area contributed by atoms with E-state index in [1.807, 2.05) is 0 Å². The molecule has 0 saturated heterocycles. The fourth-order valence-electron chi connectivity index (χ4n) is 0.633. The third-order valence-corrected chi connectivity index (χ3v) is 3.58. The van der Waals surface area contributed by atoms with Gasteiger partial charge in [0.25, 0.3) is 0 Å². The molecule has 0 aromatic carbocycles. The summed E-state index contributed by atoms with van der Waals surface area (Å²) in [5.41, 5.74) is 0. The van der Waals surface area contributed by atoms with E-state index in [2.05, 4.69) is 22.9 Å². The van der Waals surface area contributed by atoms with E-state index in [9.17, 15) is 0 Å². The Hall–Kier alpha value is 0.943. The quantitative estimate of drug-likeness (QED) is 0.631. The third-order valence-electron chi connectivity index (χ3n) is 1.09. The fraction of sp³-hybridized carbons (Fsp3) is 0.429. The van der Waals surface area contributed by atoms with E-state index in [0.717, 1.165) is 0 Å². The summed E-state index contributed by atoms with van der Waals surface area (Å²) in [5, 5.41) is 0.194. The Kier molecular flexibility index (Phi) is 8.80. The summed E-state index contributed by atoms with van der Waals surface area (Å²) < 4.78 is 4.09. The van der Waals surface area contributed by atoms with Gasteiger partial charge in [0.1, 0.15) is 0 Å². The molecule has 1 rings (SSSR count). The maximum atomic E-state index is 4.76. The molecule has 0 aromatic rings. The predicted molar refractivity (Wildman–Crippen MR) is 44.3 cm³/mol. The molecule has 3 heteroatoms. The zero-order valence-corrected chi connectivity index (χ0v) is 9.87. The van der Waals surface area contributed by atoms with Crippen LogP contribution in [-0.2, 0) is 23.2 Å². The van der Waals surface area contributed by atoms with Crippen LogP contribution in [0.3, 0.4) is 0 Å². The molecule has 0 nitrogen and oxygen atoms in total. The Balaban J connectivity index is 0.000000236. The molecule has 0 fully saturated rings. The maximum absolute atomic E-state index is 4.76. The van der Waals surface area contributed by atoms with E-state index in [1.165, 1.54) is 6.42 Å². The number of hydrogen-bond donors (Lipinski definition) is 0. The third kappa shape index (κ3) is 5.71. The van der Waals surface area contributed by atoms with Crippen LogP contribution in [0.1, 0.15) is 6.42 Å². The van der Waals surface area contributed by atoms with Gasteiger partial charge in [-0.25, -0.2) is 0 Å². The van der Waals surface area contributed by atoms with Gasteiger partial charge in [-0.2, -0.15) is 0 Å². The van der Waals surface area contributed by atoms with Gasteiger partial charge in [0.2, 0.25) is 0 Å². The zero-order chi connectivity index (χ0) is 7.82. The van der Waals surface area contributed by atoms with Gasteiger partial charge in [0.15, 0.2) is 0 Å². The van der Waals surface area contributed by atoms with Crippen LogP contribution in [0.4, 0.5) is 0 Å². The standard InChI is InChI=1S/C5H5.CH2Cl2.CH3.Zr/c1-2-4-5-3-1;2-1-3;;/h1-3H,4H2;1H2;1H3;. The molecule has 0 spiro atoms. The van der Waals surface area contributed by atoms with Crippen LogP contribution in [0.15, 0.2) is 21.5 Å². The molecule has 0 amide bonds. The summed E-state index contributed by atoms with van der Waals surface area (Å²) >= 11 is 9.49. The van der Waals surface area contributed by atoms with Crippen molar-refractivity contribution >= 4 is 23.2 Å². The molecule has 0 saturated carbocycles. The molecular formula is C7H10Cl2Zr. The van der Waals surface area contributed by atoms with Crippen molar-refractivity contribution in [3.63, 3.8) is 0 Å². The second kappa shape index (κ2) is 8.04. The van der Waals surface area contributed by atoms with Crippen molar-refractivity contribution < 1.29 is 23.2 Å². The topological polar surface area (TPSA) is 0 Å². The van der Waals surface area contributed by atoms with Crippen molar-refractivity contribution in [1.29, 1.82) is 0 Å². The second-order valence-corrected chi connectivity index (χ2v) is 5.29. The van der Waals surface area contributed by atoms with Gasteiger partial charge in [-0.3, -0.25) is 0 Å². The van der Waals surface area contributed by atoms with Crippen LogP contribution >= 0.6 is 23.2 Å². The Morgan fingerprint density at radius 3 is 2.40 bits per heavy atom. The Morgan fingerprint density at radius 2 is 2.20 bits per heavy atom. The number of allylic oxidation sites excluding steroid dienone is 4. The van der Waals surface area contributed by atoms with Gasteiger partial charge in [0.05, 0.1) is 5.34 Å². The SMILES string of the molecule is ClCCl.[CH3][Zr][C]1=CC=CC1. The Labute approximate surface area is 83.9 Å². The summed E-state index contributed by atoms with van der Waals surface area (Å²) in [6, 6.07) is 0. The monoisotopic (exact) mass is 254 g/mol. The fourth-order valence-corrected chi connectivity index (χ4v) is 2.07. The molecule has 0 radical (unpaired) electrons. The summed E-state index contributed by atoms with van der Waals surface area (Å²) in [6.07, 6.45) is 7.94. The summed E-state index contributed by atoms with van der Waals surface area (Å²) in [4.78, 5) is 0. The van der Waals surface area contributed by atoms with Gasteiger partial charge in [-0.1, -0.05) is 0 Å². The van der Waals surface area contributed by atoms with Gasteiger partial charge >= 0.3 is 55.8 Å². The summed E-state index contributed by atoms with van der Waals surface area (Å²) in [6.45, 7) is 0. The van der Waals surface area contributed by atoms with E-state index >= 15 is 0 Å². The van der Waals surface area contributed by atoms with Crippen LogP contribution in [0, 0.1) is 0 Å². The molecule has 1 aliphatic rings. The van der Waals surface area contributed by atoms with E-state index in [-0.39, 0.29) is 28.6 Å².